The molecule has 0 heterocycles. The van der Waals surface area contributed by atoms with Crippen LogP contribution in [0.5, 0.6) is 11.5 Å². The van der Waals surface area contributed by atoms with Crippen LogP contribution in [0.15, 0.2) is 36.4 Å². The molecule has 0 fully saturated rings. The normalized spacial score (nSPS) is 10.6. The van der Waals surface area contributed by atoms with E-state index in [1.165, 1.54) is 31.4 Å². The minimum absolute atomic E-state index is 0.0598. The molecule has 2 rings (SSSR count). The molecular formula is C19H13ClFNO2. The van der Waals surface area contributed by atoms with Crippen LogP contribution in [0.4, 0.5) is 4.39 Å². The van der Waals surface area contributed by atoms with E-state index >= 15 is 0 Å². The van der Waals surface area contributed by atoms with Gasteiger partial charge in [0.05, 0.1) is 23.8 Å². The number of ether oxygens (including phenoxy) is 2. The van der Waals surface area contributed by atoms with Crippen molar-refractivity contribution in [3.8, 4) is 29.9 Å². The van der Waals surface area contributed by atoms with Crippen LogP contribution in [-0.2, 0) is 0 Å². The summed E-state index contributed by atoms with van der Waals surface area (Å²) < 4.78 is 23.6. The second kappa shape index (κ2) is 8.06. The lowest BCUT2D eigenvalue weighted by molar-refractivity contribution is 0.331. The molecule has 2 aromatic rings. The van der Waals surface area contributed by atoms with Crippen molar-refractivity contribution in [2.45, 2.75) is 0 Å². The zero-order valence-corrected chi connectivity index (χ0v) is 13.6. The number of halogens is 2. The van der Waals surface area contributed by atoms with E-state index < -0.39 is 0 Å². The van der Waals surface area contributed by atoms with Gasteiger partial charge in [-0.15, -0.1) is 6.42 Å². The van der Waals surface area contributed by atoms with Gasteiger partial charge in [0, 0.05) is 0 Å². The topological polar surface area (TPSA) is 42.2 Å². The van der Waals surface area contributed by atoms with Gasteiger partial charge < -0.3 is 9.47 Å². The Kier molecular flexibility index (Phi) is 5.84. The molecule has 0 aliphatic rings. The lowest BCUT2D eigenvalue weighted by Crippen LogP contribution is -1.98. The van der Waals surface area contributed by atoms with Gasteiger partial charge in [-0.3, -0.25) is 0 Å². The van der Waals surface area contributed by atoms with Crippen LogP contribution in [0.1, 0.15) is 11.1 Å². The Balaban J connectivity index is 2.44. The maximum absolute atomic E-state index is 13.0. The summed E-state index contributed by atoms with van der Waals surface area (Å²) in [6.45, 7) is 0.0598. The smallest absolute Gasteiger partial charge is 0.181 e. The number of hydrogen-bond acceptors (Lipinski definition) is 3. The SMILES string of the molecule is C#CCOc1c(Cl)cc(/C=C(/C#N)c2ccc(F)cc2)cc1OC. The molecule has 24 heavy (non-hydrogen) atoms. The molecule has 2 aromatic carbocycles. The summed E-state index contributed by atoms with van der Waals surface area (Å²) in [6, 6.07) is 11.1. The number of allylic oxidation sites excluding steroid dienone is 1. The quantitative estimate of drug-likeness (QED) is 0.454. The fourth-order valence-electron chi connectivity index (χ4n) is 2.05. The van der Waals surface area contributed by atoms with E-state index in [2.05, 4.69) is 12.0 Å². The van der Waals surface area contributed by atoms with Crippen LogP contribution in [0.2, 0.25) is 5.02 Å². The molecule has 120 valence electrons. The Morgan fingerprint density at radius 1 is 1.33 bits per heavy atom. The first kappa shape index (κ1) is 17.4. The minimum Gasteiger partial charge on any atom is -0.493 e. The summed E-state index contributed by atoms with van der Waals surface area (Å²) in [5.41, 5.74) is 1.61. The number of rotatable bonds is 5. The molecule has 0 atom stereocenters. The highest BCUT2D eigenvalue weighted by Crippen LogP contribution is 2.37. The Morgan fingerprint density at radius 3 is 2.62 bits per heavy atom. The third-order valence-corrected chi connectivity index (χ3v) is 3.42. The van der Waals surface area contributed by atoms with Gasteiger partial charge in [-0.2, -0.15) is 5.26 Å². The number of nitrogens with zero attached hydrogens (tertiary/aromatic N) is 1. The maximum Gasteiger partial charge on any atom is 0.181 e. The first-order chi connectivity index (χ1) is 11.6. The zero-order valence-electron chi connectivity index (χ0n) is 12.8. The van der Waals surface area contributed by atoms with Crippen molar-refractivity contribution in [1.29, 1.82) is 5.26 Å². The molecule has 0 amide bonds. The van der Waals surface area contributed by atoms with E-state index in [9.17, 15) is 9.65 Å². The molecule has 0 unspecified atom stereocenters. The number of hydrogen-bond donors (Lipinski definition) is 0. The van der Waals surface area contributed by atoms with Gasteiger partial charge in [0.2, 0.25) is 0 Å². The molecule has 0 saturated carbocycles. The Labute approximate surface area is 144 Å². The lowest BCUT2D eigenvalue weighted by Gasteiger charge is -2.12. The fourth-order valence-corrected chi connectivity index (χ4v) is 2.33. The second-order valence-corrected chi connectivity index (χ2v) is 5.11. The van der Waals surface area contributed by atoms with Gasteiger partial charge in [0.15, 0.2) is 11.5 Å². The van der Waals surface area contributed by atoms with Gasteiger partial charge in [0.1, 0.15) is 12.4 Å². The zero-order chi connectivity index (χ0) is 17.5. The standard InChI is InChI=1S/C19H13ClFNO2/c1-3-8-24-19-17(20)10-13(11-18(19)23-2)9-15(12-22)14-4-6-16(21)7-5-14/h1,4-7,9-11H,8H2,2H3/b15-9-. The number of benzene rings is 2. The van der Waals surface area contributed by atoms with E-state index in [4.69, 9.17) is 27.5 Å². The minimum atomic E-state index is -0.365. The molecule has 0 aliphatic carbocycles. The molecule has 0 spiro atoms. The number of terminal acetylenes is 1. The van der Waals surface area contributed by atoms with E-state index in [1.807, 2.05) is 0 Å². The van der Waals surface area contributed by atoms with Crippen LogP contribution in [0.3, 0.4) is 0 Å². The maximum atomic E-state index is 13.0. The van der Waals surface area contributed by atoms with Crippen molar-refractivity contribution in [3.05, 3.63) is 58.4 Å². The van der Waals surface area contributed by atoms with Crippen LogP contribution < -0.4 is 9.47 Å². The van der Waals surface area contributed by atoms with E-state index in [1.54, 1.807) is 18.2 Å². The second-order valence-electron chi connectivity index (χ2n) is 4.70. The summed E-state index contributed by atoms with van der Waals surface area (Å²) in [5.74, 6) is 2.73. The van der Waals surface area contributed by atoms with E-state index in [0.717, 1.165) is 0 Å². The predicted octanol–water partition coefficient (Wildman–Crippen LogP) is 4.56. The molecule has 0 saturated heterocycles. The van der Waals surface area contributed by atoms with Crippen LogP contribution in [-0.4, -0.2) is 13.7 Å². The molecule has 0 radical (unpaired) electrons. The summed E-state index contributed by atoms with van der Waals surface area (Å²) in [6.07, 6.45) is 6.81. The van der Waals surface area contributed by atoms with Crippen LogP contribution in [0.25, 0.3) is 11.6 Å². The highest BCUT2D eigenvalue weighted by Gasteiger charge is 2.12. The summed E-state index contributed by atoms with van der Waals surface area (Å²) >= 11 is 6.21. The molecule has 0 aliphatic heterocycles. The van der Waals surface area contributed by atoms with Crippen molar-refractivity contribution in [1.82, 2.24) is 0 Å². The monoisotopic (exact) mass is 341 g/mol. The predicted molar refractivity (Wildman–Crippen MR) is 92.2 cm³/mol. The van der Waals surface area contributed by atoms with Crippen LogP contribution >= 0.6 is 11.6 Å². The molecule has 5 heteroatoms. The highest BCUT2D eigenvalue weighted by molar-refractivity contribution is 6.32. The van der Waals surface area contributed by atoms with Crippen molar-refractivity contribution >= 4 is 23.3 Å². The van der Waals surface area contributed by atoms with Gasteiger partial charge in [-0.05, 0) is 41.5 Å². The Morgan fingerprint density at radius 2 is 2.04 bits per heavy atom. The molecule has 3 nitrogen and oxygen atoms in total. The summed E-state index contributed by atoms with van der Waals surface area (Å²) in [7, 11) is 1.48. The first-order valence-electron chi connectivity index (χ1n) is 6.90. The largest absolute Gasteiger partial charge is 0.493 e. The van der Waals surface area contributed by atoms with Crippen molar-refractivity contribution in [3.63, 3.8) is 0 Å². The van der Waals surface area contributed by atoms with Gasteiger partial charge >= 0.3 is 0 Å². The van der Waals surface area contributed by atoms with Gasteiger partial charge in [0.25, 0.3) is 0 Å². The number of methoxy groups -OCH3 is 1. The summed E-state index contributed by atoms with van der Waals surface area (Å²) in [5, 5.41) is 9.67. The van der Waals surface area contributed by atoms with E-state index in [0.29, 0.717) is 33.2 Å². The summed E-state index contributed by atoms with van der Waals surface area (Å²) in [4.78, 5) is 0. The van der Waals surface area contributed by atoms with Gasteiger partial charge in [-0.1, -0.05) is 29.7 Å². The van der Waals surface area contributed by atoms with Gasteiger partial charge in [-0.25, -0.2) is 4.39 Å². The average molecular weight is 342 g/mol. The molecular weight excluding hydrogens is 329 g/mol. The van der Waals surface area contributed by atoms with Crippen molar-refractivity contribution in [2.24, 2.45) is 0 Å². The highest BCUT2D eigenvalue weighted by atomic mass is 35.5. The third-order valence-electron chi connectivity index (χ3n) is 3.14. The molecule has 0 bridgehead atoms. The first-order valence-corrected chi connectivity index (χ1v) is 7.28. The Bertz CT molecular complexity index is 845. The number of nitriles is 1. The average Bonchev–Trinajstić information content (AvgIpc) is 2.59. The van der Waals surface area contributed by atoms with E-state index in [-0.39, 0.29) is 12.4 Å². The molecule has 0 N–H and O–H groups in total. The van der Waals surface area contributed by atoms with Crippen LogP contribution in [0, 0.1) is 29.5 Å². The Hall–Kier alpha value is -2.95. The lowest BCUT2D eigenvalue weighted by atomic mass is 10.0. The van der Waals surface area contributed by atoms with Crippen molar-refractivity contribution in [2.75, 3.05) is 13.7 Å². The third kappa shape index (κ3) is 4.07. The van der Waals surface area contributed by atoms with Crippen molar-refractivity contribution < 1.29 is 13.9 Å². The molecule has 0 aromatic heterocycles. The fraction of sp³-hybridized carbons (Fsp3) is 0.105.